The Hall–Kier alpha value is -3.26. The predicted molar refractivity (Wildman–Crippen MR) is 104 cm³/mol. The van der Waals surface area contributed by atoms with Crippen molar-refractivity contribution >= 4 is 34.4 Å². The molecule has 0 aliphatic carbocycles. The molecular formula is C19H16N6OS. The zero-order chi connectivity index (χ0) is 18.5. The summed E-state index contributed by atoms with van der Waals surface area (Å²) >= 11 is 1.61. The third-order valence-electron chi connectivity index (χ3n) is 3.89. The first-order chi connectivity index (χ1) is 13.3. The van der Waals surface area contributed by atoms with Crippen molar-refractivity contribution in [1.29, 1.82) is 0 Å². The summed E-state index contributed by atoms with van der Waals surface area (Å²) in [7, 11) is 0. The molecule has 0 unspecified atom stereocenters. The highest BCUT2D eigenvalue weighted by molar-refractivity contribution is 7.98. The van der Waals surface area contributed by atoms with Gasteiger partial charge in [0.05, 0.1) is 18.0 Å². The Morgan fingerprint density at radius 2 is 2.04 bits per heavy atom. The van der Waals surface area contributed by atoms with Gasteiger partial charge in [-0.05, 0) is 29.3 Å². The molecule has 2 N–H and O–H groups in total. The number of thioether (sulfide) groups is 1. The maximum atomic E-state index is 12.2. The molecule has 3 heterocycles. The van der Waals surface area contributed by atoms with Crippen LogP contribution < -0.4 is 5.32 Å². The molecule has 7 nitrogen and oxygen atoms in total. The number of aromatic amines is 1. The Labute approximate surface area is 159 Å². The number of H-pyrrole nitrogens is 1. The van der Waals surface area contributed by atoms with Crippen molar-refractivity contribution in [1.82, 2.24) is 25.1 Å². The van der Waals surface area contributed by atoms with Crippen LogP contribution >= 0.6 is 11.8 Å². The number of rotatable bonds is 6. The number of nitrogens with zero attached hydrogens (tertiary/aromatic N) is 4. The summed E-state index contributed by atoms with van der Waals surface area (Å²) < 4.78 is 0. The first-order valence-electron chi connectivity index (χ1n) is 8.32. The highest BCUT2D eigenvalue weighted by atomic mass is 32.2. The monoisotopic (exact) mass is 376 g/mol. The smallest absolute Gasteiger partial charge is 0.228 e. The number of carbonyl (C=O) groups excluding carboxylic acids is 1. The normalized spacial score (nSPS) is 10.8. The van der Waals surface area contributed by atoms with E-state index in [0.29, 0.717) is 6.42 Å². The summed E-state index contributed by atoms with van der Waals surface area (Å²) in [5, 5.41) is 11.6. The van der Waals surface area contributed by atoms with Gasteiger partial charge in [-0.2, -0.15) is 5.10 Å². The molecule has 0 spiro atoms. The van der Waals surface area contributed by atoms with E-state index in [1.54, 1.807) is 30.4 Å². The number of aromatic nitrogens is 5. The number of benzene rings is 1. The lowest BCUT2D eigenvalue weighted by atomic mass is 10.2. The van der Waals surface area contributed by atoms with Gasteiger partial charge in [0.2, 0.25) is 5.91 Å². The van der Waals surface area contributed by atoms with Crippen LogP contribution in [0.4, 0.5) is 5.69 Å². The topological polar surface area (TPSA) is 96.5 Å². The van der Waals surface area contributed by atoms with Crippen LogP contribution in [0.15, 0.2) is 66.3 Å². The number of nitrogens with one attached hydrogen (secondary N) is 2. The first kappa shape index (κ1) is 17.2. The fraction of sp³-hybridized carbons (Fsp3) is 0.105. The Bertz CT molecular complexity index is 1070. The molecule has 4 rings (SSSR count). The fourth-order valence-electron chi connectivity index (χ4n) is 2.64. The predicted octanol–water partition coefficient (Wildman–Crippen LogP) is 3.22. The molecule has 0 radical (unpaired) electrons. The van der Waals surface area contributed by atoms with Crippen LogP contribution in [0.25, 0.3) is 11.0 Å². The number of hydrogen-bond donors (Lipinski definition) is 2. The van der Waals surface area contributed by atoms with Crippen molar-refractivity contribution in [2.45, 2.75) is 17.2 Å². The Kier molecular flexibility index (Phi) is 5.06. The maximum absolute atomic E-state index is 12.2. The standard InChI is InChI=1S/C19H16N6OS/c26-17(8-13-4-2-6-20-9-13)24-15-5-1-3-14(7-15)11-27-19-16-10-23-25-18(16)21-12-22-19/h1-7,9-10,12H,8,11H2,(H,24,26)(H,21,22,23,25). The van der Waals surface area contributed by atoms with Crippen LogP contribution in [0.3, 0.4) is 0 Å². The lowest BCUT2D eigenvalue weighted by Crippen LogP contribution is -2.14. The van der Waals surface area contributed by atoms with Crippen molar-refractivity contribution in [3.05, 3.63) is 72.4 Å². The van der Waals surface area contributed by atoms with E-state index >= 15 is 0 Å². The minimum absolute atomic E-state index is 0.0660. The summed E-state index contributed by atoms with van der Waals surface area (Å²) in [6, 6.07) is 11.5. The van der Waals surface area contributed by atoms with E-state index in [1.165, 1.54) is 6.33 Å². The molecule has 0 atom stereocenters. The number of hydrogen-bond acceptors (Lipinski definition) is 6. The van der Waals surface area contributed by atoms with Crippen LogP contribution in [0.1, 0.15) is 11.1 Å². The SMILES string of the molecule is O=C(Cc1cccnc1)Nc1cccc(CSc2ncnc3[nH]ncc23)c1. The molecule has 1 aromatic carbocycles. The molecule has 8 heteroatoms. The second-order valence-electron chi connectivity index (χ2n) is 5.89. The average Bonchev–Trinajstić information content (AvgIpc) is 3.17. The summed E-state index contributed by atoms with van der Waals surface area (Å²) in [6.07, 6.45) is 6.94. The minimum atomic E-state index is -0.0660. The molecule has 27 heavy (non-hydrogen) atoms. The van der Waals surface area contributed by atoms with Gasteiger partial charge in [-0.3, -0.25) is 14.9 Å². The Morgan fingerprint density at radius 1 is 1.11 bits per heavy atom. The van der Waals surface area contributed by atoms with E-state index in [1.807, 2.05) is 36.4 Å². The number of amides is 1. The molecule has 0 saturated carbocycles. The second kappa shape index (κ2) is 7.96. The largest absolute Gasteiger partial charge is 0.326 e. The molecule has 3 aromatic heterocycles. The van der Waals surface area contributed by atoms with E-state index < -0.39 is 0 Å². The van der Waals surface area contributed by atoms with Gasteiger partial charge >= 0.3 is 0 Å². The number of pyridine rings is 1. The number of fused-ring (bicyclic) bond motifs is 1. The summed E-state index contributed by atoms with van der Waals surface area (Å²) in [5.74, 6) is 0.660. The van der Waals surface area contributed by atoms with E-state index in [0.717, 1.165) is 38.6 Å². The quantitative estimate of drug-likeness (QED) is 0.396. The molecule has 0 fully saturated rings. The van der Waals surface area contributed by atoms with E-state index in [2.05, 4.69) is 30.5 Å². The van der Waals surface area contributed by atoms with Crippen molar-refractivity contribution in [2.24, 2.45) is 0 Å². The zero-order valence-corrected chi connectivity index (χ0v) is 15.1. The fourth-order valence-corrected chi connectivity index (χ4v) is 3.55. The number of carbonyl (C=O) groups is 1. The first-order valence-corrected chi connectivity index (χ1v) is 9.31. The average molecular weight is 376 g/mol. The molecule has 4 aromatic rings. The lowest BCUT2D eigenvalue weighted by molar-refractivity contribution is -0.115. The van der Waals surface area contributed by atoms with Crippen LogP contribution in [0, 0.1) is 0 Å². The molecular weight excluding hydrogens is 360 g/mol. The third-order valence-corrected chi connectivity index (χ3v) is 4.96. The maximum Gasteiger partial charge on any atom is 0.228 e. The van der Waals surface area contributed by atoms with Crippen LogP contribution in [-0.2, 0) is 17.0 Å². The molecule has 0 saturated heterocycles. The number of anilines is 1. The van der Waals surface area contributed by atoms with Crippen molar-refractivity contribution in [3.8, 4) is 0 Å². The summed E-state index contributed by atoms with van der Waals surface area (Å²) in [5.41, 5.74) is 3.48. The minimum Gasteiger partial charge on any atom is -0.326 e. The molecule has 0 aliphatic rings. The van der Waals surface area contributed by atoms with Crippen LogP contribution in [0.2, 0.25) is 0 Å². The highest BCUT2D eigenvalue weighted by Crippen LogP contribution is 2.27. The Morgan fingerprint density at radius 3 is 2.93 bits per heavy atom. The van der Waals surface area contributed by atoms with Crippen molar-refractivity contribution < 1.29 is 4.79 Å². The lowest BCUT2D eigenvalue weighted by Gasteiger charge is -2.08. The second-order valence-corrected chi connectivity index (χ2v) is 6.85. The van der Waals surface area contributed by atoms with E-state index in [-0.39, 0.29) is 5.91 Å². The van der Waals surface area contributed by atoms with Gasteiger partial charge in [-0.15, -0.1) is 11.8 Å². The third kappa shape index (κ3) is 4.29. The molecule has 134 valence electrons. The van der Waals surface area contributed by atoms with Gasteiger partial charge in [-0.25, -0.2) is 9.97 Å². The van der Waals surface area contributed by atoms with Gasteiger partial charge in [-0.1, -0.05) is 18.2 Å². The summed E-state index contributed by atoms with van der Waals surface area (Å²) in [6.45, 7) is 0. The van der Waals surface area contributed by atoms with Gasteiger partial charge in [0.25, 0.3) is 0 Å². The Balaban J connectivity index is 1.40. The van der Waals surface area contributed by atoms with Crippen molar-refractivity contribution in [2.75, 3.05) is 5.32 Å². The van der Waals surface area contributed by atoms with Gasteiger partial charge in [0.1, 0.15) is 11.4 Å². The van der Waals surface area contributed by atoms with E-state index in [4.69, 9.17) is 0 Å². The van der Waals surface area contributed by atoms with Gasteiger partial charge in [0, 0.05) is 23.8 Å². The van der Waals surface area contributed by atoms with Gasteiger partial charge in [0.15, 0.2) is 5.65 Å². The molecule has 0 aliphatic heterocycles. The summed E-state index contributed by atoms with van der Waals surface area (Å²) in [4.78, 5) is 24.7. The molecule has 0 bridgehead atoms. The zero-order valence-electron chi connectivity index (χ0n) is 14.3. The van der Waals surface area contributed by atoms with E-state index in [9.17, 15) is 4.79 Å². The molecule has 1 amide bonds. The van der Waals surface area contributed by atoms with Gasteiger partial charge < -0.3 is 5.32 Å². The highest BCUT2D eigenvalue weighted by Gasteiger charge is 2.08. The van der Waals surface area contributed by atoms with Crippen LogP contribution in [0.5, 0.6) is 0 Å². The van der Waals surface area contributed by atoms with Crippen molar-refractivity contribution in [3.63, 3.8) is 0 Å². The van der Waals surface area contributed by atoms with Crippen LogP contribution in [-0.4, -0.2) is 31.1 Å².